The Kier molecular flexibility index (Phi) is 6.37. The molecule has 0 N–H and O–H groups in total. The van der Waals surface area contributed by atoms with Gasteiger partial charge < -0.3 is 9.64 Å². The standard InChI is InChI=1S/C24H27N3O2/c28-24(20-10-12-23(13-11-20)29-22-8-2-1-3-9-22)21-7-4-15-26(19-21)16-6-18-27-17-5-14-25-27/h1-3,5,8-14,17,21H,4,6-7,15-16,18-19H2/t21-/m1/s1. The second kappa shape index (κ2) is 9.52. The van der Waals surface area contributed by atoms with Crippen LogP contribution >= 0.6 is 0 Å². The second-order valence-corrected chi connectivity index (χ2v) is 7.57. The molecule has 150 valence electrons. The Morgan fingerprint density at radius 2 is 1.79 bits per heavy atom. The fourth-order valence-electron chi connectivity index (χ4n) is 3.91. The Morgan fingerprint density at radius 3 is 2.55 bits per heavy atom. The number of nitrogens with zero attached hydrogens (tertiary/aromatic N) is 3. The maximum absolute atomic E-state index is 13.0. The van der Waals surface area contributed by atoms with Gasteiger partial charge in [-0.25, -0.2) is 0 Å². The number of Topliss-reactive ketones (excluding diaryl/α,β-unsaturated/α-hetero) is 1. The van der Waals surface area contributed by atoms with Gasteiger partial charge in [-0.3, -0.25) is 9.48 Å². The third-order valence-corrected chi connectivity index (χ3v) is 5.41. The molecule has 0 saturated carbocycles. The number of aryl methyl sites for hydroxylation is 1. The van der Waals surface area contributed by atoms with Crippen molar-refractivity contribution in [3.05, 3.63) is 78.6 Å². The van der Waals surface area contributed by atoms with Crippen LogP contribution in [0.2, 0.25) is 0 Å². The van der Waals surface area contributed by atoms with Gasteiger partial charge in [0.15, 0.2) is 5.78 Å². The first-order valence-corrected chi connectivity index (χ1v) is 10.3. The van der Waals surface area contributed by atoms with E-state index in [2.05, 4.69) is 10.00 Å². The van der Waals surface area contributed by atoms with E-state index in [9.17, 15) is 4.79 Å². The molecule has 0 radical (unpaired) electrons. The molecule has 0 spiro atoms. The van der Waals surface area contributed by atoms with Crippen LogP contribution in [0, 0.1) is 5.92 Å². The highest BCUT2D eigenvalue weighted by Crippen LogP contribution is 2.25. The summed E-state index contributed by atoms with van der Waals surface area (Å²) in [5.41, 5.74) is 0.772. The Balaban J connectivity index is 1.30. The van der Waals surface area contributed by atoms with Gasteiger partial charge in [0.1, 0.15) is 11.5 Å². The maximum Gasteiger partial charge on any atom is 0.167 e. The van der Waals surface area contributed by atoms with Crippen molar-refractivity contribution in [2.24, 2.45) is 5.92 Å². The predicted octanol–water partition coefficient (Wildman–Crippen LogP) is 4.66. The number of likely N-dealkylation sites (tertiary alicyclic amines) is 1. The molecule has 2 heterocycles. The molecule has 1 fully saturated rings. The smallest absolute Gasteiger partial charge is 0.167 e. The lowest BCUT2D eigenvalue weighted by molar-refractivity contribution is 0.0817. The summed E-state index contributed by atoms with van der Waals surface area (Å²) in [6, 6.07) is 19.2. The van der Waals surface area contributed by atoms with Crippen molar-refractivity contribution in [3.8, 4) is 11.5 Å². The van der Waals surface area contributed by atoms with Crippen LogP contribution in [0.5, 0.6) is 11.5 Å². The van der Waals surface area contributed by atoms with Crippen molar-refractivity contribution in [1.82, 2.24) is 14.7 Å². The predicted molar refractivity (Wildman–Crippen MR) is 113 cm³/mol. The van der Waals surface area contributed by atoms with Crippen molar-refractivity contribution in [2.45, 2.75) is 25.8 Å². The van der Waals surface area contributed by atoms with Gasteiger partial charge in [0.2, 0.25) is 0 Å². The lowest BCUT2D eigenvalue weighted by Crippen LogP contribution is -2.39. The lowest BCUT2D eigenvalue weighted by atomic mass is 9.90. The molecule has 0 aliphatic carbocycles. The Labute approximate surface area is 171 Å². The third kappa shape index (κ3) is 5.33. The zero-order chi connectivity index (χ0) is 19.9. The monoisotopic (exact) mass is 389 g/mol. The molecule has 1 aromatic heterocycles. The summed E-state index contributed by atoms with van der Waals surface area (Å²) in [6.07, 6.45) is 6.90. The minimum atomic E-state index is 0.0781. The fourth-order valence-corrected chi connectivity index (χ4v) is 3.91. The van der Waals surface area contributed by atoms with E-state index in [-0.39, 0.29) is 11.7 Å². The van der Waals surface area contributed by atoms with Gasteiger partial charge in [-0.15, -0.1) is 0 Å². The van der Waals surface area contributed by atoms with Gasteiger partial charge in [0, 0.05) is 37.0 Å². The van der Waals surface area contributed by atoms with Crippen LogP contribution < -0.4 is 4.74 Å². The van der Waals surface area contributed by atoms with Crippen LogP contribution in [-0.4, -0.2) is 40.1 Å². The lowest BCUT2D eigenvalue weighted by Gasteiger charge is -2.32. The molecule has 2 aromatic carbocycles. The molecule has 1 aliphatic heterocycles. The molecule has 29 heavy (non-hydrogen) atoms. The minimum absolute atomic E-state index is 0.0781. The van der Waals surface area contributed by atoms with Gasteiger partial charge in [0.25, 0.3) is 0 Å². The van der Waals surface area contributed by atoms with Crippen molar-refractivity contribution >= 4 is 5.78 Å². The van der Waals surface area contributed by atoms with E-state index >= 15 is 0 Å². The van der Waals surface area contributed by atoms with E-state index in [0.717, 1.165) is 62.5 Å². The summed E-state index contributed by atoms with van der Waals surface area (Å²) in [5.74, 6) is 1.86. The molecule has 5 nitrogen and oxygen atoms in total. The molecule has 1 aliphatic rings. The number of ketones is 1. The molecule has 1 saturated heterocycles. The van der Waals surface area contributed by atoms with Gasteiger partial charge in [0.05, 0.1) is 0 Å². The molecule has 1 atom stereocenters. The zero-order valence-electron chi connectivity index (χ0n) is 16.6. The van der Waals surface area contributed by atoms with Crippen molar-refractivity contribution < 1.29 is 9.53 Å². The van der Waals surface area contributed by atoms with Crippen molar-refractivity contribution in [3.63, 3.8) is 0 Å². The minimum Gasteiger partial charge on any atom is -0.457 e. The number of carbonyl (C=O) groups excluding carboxylic acids is 1. The SMILES string of the molecule is O=C(c1ccc(Oc2ccccc2)cc1)[C@@H]1CCCN(CCCn2cccn2)C1. The maximum atomic E-state index is 13.0. The first-order chi connectivity index (χ1) is 14.3. The Morgan fingerprint density at radius 1 is 1.00 bits per heavy atom. The number of piperidine rings is 1. The summed E-state index contributed by atoms with van der Waals surface area (Å²) in [4.78, 5) is 15.4. The normalized spacial score (nSPS) is 17.2. The zero-order valence-corrected chi connectivity index (χ0v) is 16.6. The van der Waals surface area contributed by atoms with E-state index in [4.69, 9.17) is 4.74 Å². The number of benzene rings is 2. The highest BCUT2D eigenvalue weighted by atomic mass is 16.5. The number of aromatic nitrogens is 2. The molecule has 0 bridgehead atoms. The first-order valence-electron chi connectivity index (χ1n) is 10.3. The van der Waals surface area contributed by atoms with E-state index in [1.54, 1.807) is 0 Å². The molecule has 0 amide bonds. The van der Waals surface area contributed by atoms with Crippen LogP contribution in [-0.2, 0) is 6.54 Å². The summed E-state index contributed by atoms with van der Waals surface area (Å²) < 4.78 is 7.79. The highest BCUT2D eigenvalue weighted by Gasteiger charge is 2.26. The number of hydrogen-bond donors (Lipinski definition) is 0. The molecule has 3 aromatic rings. The van der Waals surface area contributed by atoms with Crippen LogP contribution in [0.1, 0.15) is 29.6 Å². The Bertz CT molecular complexity index is 892. The van der Waals surface area contributed by atoms with Crippen LogP contribution in [0.25, 0.3) is 0 Å². The second-order valence-electron chi connectivity index (χ2n) is 7.57. The van der Waals surface area contributed by atoms with E-state index in [0.29, 0.717) is 0 Å². The molecular formula is C24H27N3O2. The third-order valence-electron chi connectivity index (χ3n) is 5.41. The number of para-hydroxylation sites is 1. The first kappa shape index (κ1) is 19.4. The molecular weight excluding hydrogens is 362 g/mol. The molecule has 4 rings (SSSR count). The number of carbonyl (C=O) groups is 1. The summed E-state index contributed by atoms with van der Waals surface area (Å²) in [7, 11) is 0. The summed E-state index contributed by atoms with van der Waals surface area (Å²) in [5, 5.41) is 4.25. The van der Waals surface area contributed by atoms with Gasteiger partial charge in [-0.1, -0.05) is 18.2 Å². The fraction of sp³-hybridized carbons (Fsp3) is 0.333. The largest absolute Gasteiger partial charge is 0.457 e. The highest BCUT2D eigenvalue weighted by molar-refractivity contribution is 5.98. The van der Waals surface area contributed by atoms with Gasteiger partial charge in [-0.05, 0) is 74.8 Å². The van der Waals surface area contributed by atoms with Gasteiger partial charge >= 0.3 is 0 Å². The van der Waals surface area contributed by atoms with Crippen LogP contribution in [0.4, 0.5) is 0 Å². The van der Waals surface area contributed by atoms with Crippen molar-refractivity contribution in [2.75, 3.05) is 19.6 Å². The van der Waals surface area contributed by atoms with E-state index in [1.807, 2.05) is 77.7 Å². The molecule has 0 unspecified atom stereocenters. The number of hydrogen-bond acceptors (Lipinski definition) is 4. The van der Waals surface area contributed by atoms with Crippen LogP contribution in [0.3, 0.4) is 0 Å². The number of rotatable bonds is 8. The van der Waals surface area contributed by atoms with E-state index in [1.165, 1.54) is 0 Å². The van der Waals surface area contributed by atoms with Gasteiger partial charge in [-0.2, -0.15) is 5.10 Å². The van der Waals surface area contributed by atoms with E-state index < -0.39 is 0 Å². The van der Waals surface area contributed by atoms with Crippen molar-refractivity contribution in [1.29, 1.82) is 0 Å². The summed E-state index contributed by atoms with van der Waals surface area (Å²) >= 11 is 0. The average molecular weight is 389 g/mol. The number of ether oxygens (including phenoxy) is 1. The summed E-state index contributed by atoms with van der Waals surface area (Å²) in [6.45, 7) is 3.85. The topological polar surface area (TPSA) is 47.4 Å². The van der Waals surface area contributed by atoms with Crippen LogP contribution in [0.15, 0.2) is 73.1 Å². The quantitative estimate of drug-likeness (QED) is 0.526. The Hall–Kier alpha value is -2.92. The average Bonchev–Trinajstić information content (AvgIpc) is 3.28. The molecule has 5 heteroatoms.